The summed E-state index contributed by atoms with van der Waals surface area (Å²) in [6, 6.07) is 3.29. The fraction of sp³-hybridized carbons (Fsp3) is 0.273. The van der Waals surface area contributed by atoms with E-state index in [0.29, 0.717) is 46.1 Å². The molecule has 0 amide bonds. The number of hydrogen-bond acceptors (Lipinski definition) is 5. The number of aryl methyl sites for hydroxylation is 1. The van der Waals surface area contributed by atoms with Gasteiger partial charge in [0.1, 0.15) is 0 Å². The molecule has 1 aromatic heterocycles. The normalized spacial score (nSPS) is 10.6. The van der Waals surface area contributed by atoms with Crippen molar-refractivity contribution < 1.29 is 4.52 Å². The molecule has 0 atom stereocenters. The lowest BCUT2D eigenvalue weighted by Gasteiger charge is -2.10. The fourth-order valence-electron chi connectivity index (χ4n) is 1.50. The Morgan fingerprint density at radius 1 is 1.33 bits per heavy atom. The number of nitrogen functional groups attached to an aromatic ring is 1. The second kappa shape index (κ2) is 5.46. The number of nitrogens with one attached hydrogen (secondary N) is 1. The quantitative estimate of drug-likeness (QED) is 0.845. The second-order valence-electron chi connectivity index (χ2n) is 3.77. The Morgan fingerprint density at radius 3 is 2.56 bits per heavy atom. The molecule has 2 rings (SSSR count). The molecule has 0 aliphatic rings. The van der Waals surface area contributed by atoms with Gasteiger partial charge in [-0.15, -0.1) is 0 Å². The minimum Gasteiger partial charge on any atom is -0.399 e. The van der Waals surface area contributed by atoms with Crippen molar-refractivity contribution in [1.29, 1.82) is 0 Å². The molecule has 3 N–H and O–H groups in total. The maximum Gasteiger partial charge on any atom is 0.228 e. The number of rotatable bonds is 4. The van der Waals surface area contributed by atoms with Crippen LogP contribution in [0.3, 0.4) is 0 Å². The summed E-state index contributed by atoms with van der Waals surface area (Å²) in [5, 5.41) is 7.80. The number of nitrogens with zero attached hydrogens (tertiary/aromatic N) is 2. The maximum absolute atomic E-state index is 6.04. The smallest absolute Gasteiger partial charge is 0.228 e. The molecule has 1 heterocycles. The zero-order valence-corrected chi connectivity index (χ0v) is 11.2. The monoisotopic (exact) mass is 286 g/mol. The Kier molecular flexibility index (Phi) is 3.93. The van der Waals surface area contributed by atoms with Gasteiger partial charge in [0.15, 0.2) is 5.82 Å². The van der Waals surface area contributed by atoms with Crippen LogP contribution in [0.5, 0.6) is 0 Å². The van der Waals surface area contributed by atoms with Gasteiger partial charge in [-0.3, -0.25) is 0 Å². The van der Waals surface area contributed by atoms with Crippen LogP contribution in [0.15, 0.2) is 16.7 Å². The molecule has 0 saturated carbocycles. The van der Waals surface area contributed by atoms with Gasteiger partial charge in [-0.25, -0.2) is 0 Å². The zero-order chi connectivity index (χ0) is 13.1. The summed E-state index contributed by atoms with van der Waals surface area (Å²) < 4.78 is 4.99. The first-order valence-corrected chi connectivity index (χ1v) is 6.09. The highest BCUT2D eigenvalue weighted by atomic mass is 35.5. The summed E-state index contributed by atoms with van der Waals surface area (Å²) in [6.45, 7) is 2.36. The summed E-state index contributed by atoms with van der Waals surface area (Å²) >= 11 is 12.1. The van der Waals surface area contributed by atoms with Gasteiger partial charge in [0.2, 0.25) is 5.89 Å². The first-order chi connectivity index (χ1) is 8.56. The van der Waals surface area contributed by atoms with E-state index in [0.717, 1.165) is 0 Å². The Bertz CT molecular complexity index is 533. The van der Waals surface area contributed by atoms with Crippen LogP contribution in [-0.4, -0.2) is 16.7 Å². The molecule has 7 heteroatoms. The van der Waals surface area contributed by atoms with Gasteiger partial charge < -0.3 is 15.6 Å². The minimum atomic E-state index is 0.488. The first kappa shape index (κ1) is 13.0. The Hall–Kier alpha value is -1.46. The van der Waals surface area contributed by atoms with Crippen molar-refractivity contribution >= 4 is 34.6 Å². The molecule has 0 spiro atoms. The van der Waals surface area contributed by atoms with Crippen LogP contribution in [0.25, 0.3) is 0 Å². The van der Waals surface area contributed by atoms with E-state index in [1.54, 1.807) is 19.1 Å². The third kappa shape index (κ3) is 3.05. The Labute approximate surface area is 114 Å². The number of hydrogen-bond donors (Lipinski definition) is 2. The summed E-state index contributed by atoms with van der Waals surface area (Å²) in [4.78, 5) is 4.10. The molecule has 5 nitrogen and oxygen atoms in total. The van der Waals surface area contributed by atoms with E-state index >= 15 is 0 Å². The van der Waals surface area contributed by atoms with Crippen molar-refractivity contribution in [1.82, 2.24) is 10.1 Å². The average molecular weight is 287 g/mol. The van der Waals surface area contributed by atoms with Crippen molar-refractivity contribution in [2.75, 3.05) is 17.6 Å². The number of anilines is 2. The molecular weight excluding hydrogens is 275 g/mol. The number of aromatic nitrogens is 2. The number of halogens is 2. The van der Waals surface area contributed by atoms with Crippen molar-refractivity contribution in [2.45, 2.75) is 13.3 Å². The molecule has 0 saturated heterocycles. The molecule has 1 aromatic carbocycles. The van der Waals surface area contributed by atoms with Gasteiger partial charge in [0, 0.05) is 18.7 Å². The molecule has 2 aromatic rings. The van der Waals surface area contributed by atoms with Crippen LogP contribution < -0.4 is 11.1 Å². The van der Waals surface area contributed by atoms with Crippen molar-refractivity contribution in [2.24, 2.45) is 0 Å². The molecule has 0 aliphatic carbocycles. The lowest BCUT2D eigenvalue weighted by molar-refractivity contribution is 0.377. The Morgan fingerprint density at radius 2 is 2.00 bits per heavy atom. The van der Waals surface area contributed by atoms with E-state index in [1.165, 1.54) is 0 Å². The highest BCUT2D eigenvalue weighted by molar-refractivity contribution is 6.39. The van der Waals surface area contributed by atoms with Gasteiger partial charge in [-0.05, 0) is 19.1 Å². The van der Waals surface area contributed by atoms with Gasteiger partial charge in [-0.1, -0.05) is 28.4 Å². The summed E-state index contributed by atoms with van der Waals surface area (Å²) in [5.41, 5.74) is 6.81. The summed E-state index contributed by atoms with van der Waals surface area (Å²) in [5.74, 6) is 1.19. The van der Waals surface area contributed by atoms with E-state index in [-0.39, 0.29) is 0 Å². The number of nitrogens with two attached hydrogens (primary N) is 1. The maximum atomic E-state index is 6.04. The summed E-state index contributed by atoms with van der Waals surface area (Å²) in [7, 11) is 0. The molecule has 0 radical (unpaired) electrons. The van der Waals surface area contributed by atoms with E-state index in [1.807, 2.05) is 0 Å². The summed E-state index contributed by atoms with van der Waals surface area (Å²) in [6.07, 6.45) is 0.595. The minimum absolute atomic E-state index is 0.488. The van der Waals surface area contributed by atoms with Crippen LogP contribution in [0.2, 0.25) is 10.0 Å². The van der Waals surface area contributed by atoms with Crippen LogP contribution in [-0.2, 0) is 6.42 Å². The molecule has 96 valence electrons. The largest absolute Gasteiger partial charge is 0.399 e. The van der Waals surface area contributed by atoms with Crippen LogP contribution in [0.4, 0.5) is 11.4 Å². The van der Waals surface area contributed by atoms with Crippen molar-refractivity contribution in [3.63, 3.8) is 0 Å². The van der Waals surface area contributed by atoms with Crippen molar-refractivity contribution in [3.05, 3.63) is 33.9 Å². The molecule has 18 heavy (non-hydrogen) atoms. The van der Waals surface area contributed by atoms with E-state index in [4.69, 9.17) is 33.5 Å². The topological polar surface area (TPSA) is 77.0 Å². The number of benzene rings is 1. The van der Waals surface area contributed by atoms with E-state index < -0.39 is 0 Å². The highest BCUT2D eigenvalue weighted by Crippen LogP contribution is 2.32. The second-order valence-corrected chi connectivity index (χ2v) is 4.59. The lowest BCUT2D eigenvalue weighted by atomic mass is 10.2. The molecule has 0 aliphatic heterocycles. The fourth-order valence-corrected chi connectivity index (χ4v) is 2.14. The predicted molar refractivity (Wildman–Crippen MR) is 72.1 cm³/mol. The average Bonchev–Trinajstić information content (AvgIpc) is 2.68. The molecule has 0 fully saturated rings. The van der Waals surface area contributed by atoms with Crippen LogP contribution in [0, 0.1) is 6.92 Å². The molecular formula is C11H12Cl2N4O. The lowest BCUT2D eigenvalue weighted by Crippen LogP contribution is -2.06. The SMILES string of the molecule is Cc1noc(CCNc2c(Cl)cc(N)cc2Cl)n1. The predicted octanol–water partition coefficient (Wildman–Crippen LogP) is 2.92. The van der Waals surface area contributed by atoms with Gasteiger partial charge >= 0.3 is 0 Å². The third-order valence-corrected chi connectivity index (χ3v) is 2.87. The molecule has 0 unspecified atom stereocenters. The zero-order valence-electron chi connectivity index (χ0n) is 9.70. The first-order valence-electron chi connectivity index (χ1n) is 5.34. The van der Waals surface area contributed by atoms with E-state index in [2.05, 4.69) is 15.5 Å². The van der Waals surface area contributed by atoms with Gasteiger partial charge in [0.05, 0.1) is 15.7 Å². The van der Waals surface area contributed by atoms with Gasteiger partial charge in [-0.2, -0.15) is 4.98 Å². The molecule has 0 bridgehead atoms. The van der Waals surface area contributed by atoms with Gasteiger partial charge in [0.25, 0.3) is 0 Å². The third-order valence-electron chi connectivity index (χ3n) is 2.27. The standard InChI is InChI=1S/C11H12Cl2N4O/c1-6-16-10(18-17-6)2-3-15-11-8(12)4-7(14)5-9(11)13/h4-5,15H,2-3,14H2,1H3. The highest BCUT2D eigenvalue weighted by Gasteiger charge is 2.08. The van der Waals surface area contributed by atoms with E-state index in [9.17, 15) is 0 Å². The van der Waals surface area contributed by atoms with Crippen LogP contribution >= 0.6 is 23.2 Å². The van der Waals surface area contributed by atoms with Crippen molar-refractivity contribution in [3.8, 4) is 0 Å². The van der Waals surface area contributed by atoms with Crippen LogP contribution in [0.1, 0.15) is 11.7 Å². The Balaban J connectivity index is 1.98.